The Balaban J connectivity index is 1.95. The van der Waals surface area contributed by atoms with Gasteiger partial charge in [0.1, 0.15) is 5.69 Å². The first-order valence-corrected chi connectivity index (χ1v) is 9.97. The molecule has 0 spiro atoms. The molecule has 1 aliphatic rings. The lowest BCUT2D eigenvalue weighted by molar-refractivity contribution is -0.383. The van der Waals surface area contributed by atoms with Crippen molar-refractivity contribution in [2.24, 2.45) is 0 Å². The van der Waals surface area contributed by atoms with Crippen LogP contribution in [0.25, 0.3) is 22.6 Å². The predicted octanol–water partition coefficient (Wildman–Crippen LogP) is 4.26. The second-order valence-corrected chi connectivity index (χ2v) is 7.39. The van der Waals surface area contributed by atoms with Gasteiger partial charge in [0.05, 0.1) is 21.7 Å². The van der Waals surface area contributed by atoms with Gasteiger partial charge < -0.3 is 10.4 Å². The molecule has 4 rings (SSSR count). The van der Waals surface area contributed by atoms with Crippen molar-refractivity contribution in [1.29, 1.82) is 0 Å². The lowest BCUT2D eigenvalue weighted by atomic mass is 9.92. The summed E-state index contributed by atoms with van der Waals surface area (Å²) in [6.07, 6.45) is 1.86. The number of carboxylic acid groups (broad SMARTS) is 1. The highest BCUT2D eigenvalue weighted by atomic mass is 16.6. The molecule has 0 unspecified atom stereocenters. The molecule has 31 heavy (non-hydrogen) atoms. The molecule has 0 bridgehead atoms. The number of hydrogen-bond acceptors (Lipinski definition) is 6. The number of aromatic nitrogens is 1. The number of nitrogens with one attached hydrogen (secondary N) is 1. The Labute approximate surface area is 179 Å². The molecule has 0 atom stereocenters. The molecule has 0 amide bonds. The molecule has 2 heterocycles. The van der Waals surface area contributed by atoms with Crippen LogP contribution >= 0.6 is 0 Å². The minimum atomic E-state index is -0.985. The number of carbonyl (C=O) groups is 1. The number of likely N-dealkylation sites (N-methyl/N-ethyl adjacent to an activating group) is 1. The van der Waals surface area contributed by atoms with Gasteiger partial charge in [0, 0.05) is 37.2 Å². The largest absolute Gasteiger partial charge is 0.478 e. The smallest absolute Gasteiger partial charge is 0.336 e. The van der Waals surface area contributed by atoms with E-state index in [9.17, 15) is 20.0 Å². The third kappa shape index (κ3) is 3.73. The number of nitro benzene ring substituents is 1. The SMILES string of the molecule is CCN1C/C(=C\c2ccc(NC)c([N+](=O)[O-])c2)c2nc3ccccc3c(C(=O)O)c2C1. The standard InChI is InChI=1S/C23H22N4O4/c1-3-26-12-15(10-14-8-9-19(24-2)20(11-14)27(30)31)22-17(13-26)21(23(28)29)16-6-4-5-7-18(16)25-22/h4-11,24H,3,12-13H2,1-2H3,(H,28,29)/b15-10+. The number of fused-ring (bicyclic) bond motifs is 2. The van der Waals surface area contributed by atoms with Gasteiger partial charge in [-0.05, 0) is 35.9 Å². The van der Waals surface area contributed by atoms with Gasteiger partial charge in [0.2, 0.25) is 0 Å². The molecule has 0 saturated heterocycles. The zero-order chi connectivity index (χ0) is 22.1. The summed E-state index contributed by atoms with van der Waals surface area (Å²) in [6.45, 7) is 3.82. The van der Waals surface area contributed by atoms with Gasteiger partial charge in [-0.2, -0.15) is 0 Å². The summed E-state index contributed by atoms with van der Waals surface area (Å²) >= 11 is 0. The maximum absolute atomic E-state index is 12.2. The van der Waals surface area contributed by atoms with E-state index in [4.69, 9.17) is 4.98 Å². The molecule has 0 fully saturated rings. The van der Waals surface area contributed by atoms with Crippen LogP contribution in [-0.2, 0) is 6.54 Å². The Kier molecular flexibility index (Phi) is 5.39. The number of para-hydroxylation sites is 1. The number of nitrogens with zero attached hydrogens (tertiary/aromatic N) is 3. The van der Waals surface area contributed by atoms with E-state index in [1.807, 2.05) is 25.1 Å². The monoisotopic (exact) mass is 418 g/mol. The van der Waals surface area contributed by atoms with E-state index in [1.165, 1.54) is 6.07 Å². The van der Waals surface area contributed by atoms with Gasteiger partial charge in [-0.25, -0.2) is 9.78 Å². The van der Waals surface area contributed by atoms with E-state index in [1.54, 1.807) is 31.3 Å². The van der Waals surface area contributed by atoms with E-state index in [0.29, 0.717) is 46.5 Å². The van der Waals surface area contributed by atoms with Crippen LogP contribution in [0.4, 0.5) is 11.4 Å². The third-order valence-electron chi connectivity index (χ3n) is 5.56. The predicted molar refractivity (Wildman–Crippen MR) is 120 cm³/mol. The van der Waals surface area contributed by atoms with Gasteiger partial charge in [-0.3, -0.25) is 15.0 Å². The normalized spacial score (nSPS) is 15.1. The molecular formula is C23H22N4O4. The van der Waals surface area contributed by atoms with Crippen LogP contribution in [0.15, 0.2) is 42.5 Å². The molecule has 0 aliphatic carbocycles. The summed E-state index contributed by atoms with van der Waals surface area (Å²) in [5.41, 5.74) is 4.11. The quantitative estimate of drug-likeness (QED) is 0.471. The van der Waals surface area contributed by atoms with E-state index in [2.05, 4.69) is 10.2 Å². The number of nitro groups is 1. The second kappa shape index (κ2) is 8.16. The van der Waals surface area contributed by atoms with E-state index >= 15 is 0 Å². The number of carboxylic acids is 1. The van der Waals surface area contributed by atoms with Crippen LogP contribution < -0.4 is 5.32 Å². The Morgan fingerprint density at radius 3 is 2.74 bits per heavy atom. The van der Waals surface area contributed by atoms with Crippen LogP contribution in [0.1, 0.15) is 34.1 Å². The number of hydrogen-bond donors (Lipinski definition) is 2. The van der Waals surface area contributed by atoms with Gasteiger partial charge in [-0.15, -0.1) is 0 Å². The maximum atomic E-state index is 12.2. The maximum Gasteiger partial charge on any atom is 0.336 e. The summed E-state index contributed by atoms with van der Waals surface area (Å²) in [4.78, 5) is 30.1. The molecule has 2 aromatic carbocycles. The zero-order valence-corrected chi connectivity index (χ0v) is 17.3. The summed E-state index contributed by atoms with van der Waals surface area (Å²) in [5, 5.41) is 24.9. The molecule has 8 heteroatoms. The van der Waals surface area contributed by atoms with Crippen molar-refractivity contribution in [3.63, 3.8) is 0 Å². The number of anilines is 1. The highest BCUT2D eigenvalue weighted by Gasteiger charge is 2.28. The molecule has 8 nitrogen and oxygen atoms in total. The Hall–Kier alpha value is -3.78. The second-order valence-electron chi connectivity index (χ2n) is 7.39. The first-order chi connectivity index (χ1) is 14.9. The lowest BCUT2D eigenvalue weighted by Gasteiger charge is -2.30. The van der Waals surface area contributed by atoms with Crippen LogP contribution in [0.3, 0.4) is 0 Å². The zero-order valence-electron chi connectivity index (χ0n) is 17.3. The van der Waals surface area contributed by atoms with Crippen molar-refractivity contribution in [2.45, 2.75) is 13.5 Å². The highest BCUT2D eigenvalue weighted by molar-refractivity contribution is 6.06. The summed E-state index contributed by atoms with van der Waals surface area (Å²) in [7, 11) is 1.64. The number of benzene rings is 2. The molecule has 2 N–H and O–H groups in total. The topological polar surface area (TPSA) is 109 Å². The van der Waals surface area contributed by atoms with E-state index < -0.39 is 10.9 Å². The van der Waals surface area contributed by atoms with Gasteiger partial charge >= 0.3 is 5.97 Å². The lowest BCUT2D eigenvalue weighted by Crippen LogP contribution is -2.31. The molecule has 158 valence electrons. The number of pyridine rings is 1. The van der Waals surface area contributed by atoms with Crippen LogP contribution in [0, 0.1) is 10.1 Å². The minimum absolute atomic E-state index is 0.0158. The summed E-state index contributed by atoms with van der Waals surface area (Å²) in [6, 6.07) is 12.2. The first-order valence-electron chi connectivity index (χ1n) is 9.97. The molecule has 1 aromatic heterocycles. The van der Waals surface area contributed by atoms with Crippen molar-refractivity contribution in [2.75, 3.05) is 25.5 Å². The Bertz CT molecular complexity index is 1240. The van der Waals surface area contributed by atoms with Crippen LogP contribution in [-0.4, -0.2) is 46.0 Å². The Morgan fingerprint density at radius 1 is 1.29 bits per heavy atom. The van der Waals surface area contributed by atoms with Crippen LogP contribution in [0.2, 0.25) is 0 Å². The fourth-order valence-electron chi connectivity index (χ4n) is 4.05. The Morgan fingerprint density at radius 2 is 2.06 bits per heavy atom. The van der Waals surface area contributed by atoms with Crippen molar-refractivity contribution in [3.05, 3.63) is 75.0 Å². The molecule has 0 saturated carbocycles. The average Bonchev–Trinajstić information content (AvgIpc) is 2.77. The summed E-state index contributed by atoms with van der Waals surface area (Å²) < 4.78 is 0. The van der Waals surface area contributed by atoms with Crippen molar-refractivity contribution in [1.82, 2.24) is 9.88 Å². The minimum Gasteiger partial charge on any atom is -0.478 e. The fourth-order valence-corrected chi connectivity index (χ4v) is 4.05. The van der Waals surface area contributed by atoms with Crippen molar-refractivity contribution < 1.29 is 14.8 Å². The summed E-state index contributed by atoms with van der Waals surface area (Å²) in [5.74, 6) is -0.985. The highest BCUT2D eigenvalue weighted by Crippen LogP contribution is 2.35. The molecule has 1 aliphatic heterocycles. The van der Waals surface area contributed by atoms with E-state index in [-0.39, 0.29) is 11.3 Å². The first kappa shape index (κ1) is 20.5. The fraction of sp³-hybridized carbons (Fsp3) is 0.217. The van der Waals surface area contributed by atoms with Gasteiger partial charge in [0.25, 0.3) is 5.69 Å². The molecule has 3 aromatic rings. The third-order valence-corrected chi connectivity index (χ3v) is 5.56. The number of rotatable bonds is 5. The van der Waals surface area contributed by atoms with Crippen LogP contribution in [0.5, 0.6) is 0 Å². The van der Waals surface area contributed by atoms with E-state index in [0.717, 1.165) is 12.1 Å². The van der Waals surface area contributed by atoms with Crippen molar-refractivity contribution >= 4 is 39.9 Å². The van der Waals surface area contributed by atoms with Gasteiger partial charge in [0.15, 0.2) is 0 Å². The molecule has 0 radical (unpaired) electrons. The molecular weight excluding hydrogens is 396 g/mol. The number of aromatic carboxylic acids is 1. The van der Waals surface area contributed by atoms with Gasteiger partial charge in [-0.1, -0.05) is 31.2 Å². The average molecular weight is 418 g/mol. The van der Waals surface area contributed by atoms with Crippen molar-refractivity contribution in [3.8, 4) is 0 Å².